The number of hydrogen-bond donors (Lipinski definition) is 1. The second-order valence-corrected chi connectivity index (χ2v) is 13.5. The number of carbonyl (C=O) groups excluding carboxylic acids is 4. The lowest BCUT2D eigenvalue weighted by Crippen LogP contribution is -2.60. The molecule has 6 unspecified atom stereocenters. The number of halogens is 4. The van der Waals surface area contributed by atoms with Crippen LogP contribution in [0.5, 0.6) is 11.5 Å². The lowest BCUT2D eigenvalue weighted by atomic mass is 9.56. The molecule has 41 heavy (non-hydrogen) atoms. The second-order valence-electron chi connectivity index (χ2n) is 11.0. The van der Waals surface area contributed by atoms with E-state index in [1.54, 1.807) is 30.3 Å². The number of phenols is 1. The van der Waals surface area contributed by atoms with E-state index in [0.29, 0.717) is 21.8 Å². The maximum Gasteiger partial charge on any atom is 0.253 e. The largest absolute Gasteiger partial charge is 0.503 e. The number of phenolic OH excluding ortho intramolecular Hbond substituents is 1. The Balaban J connectivity index is 1.53. The van der Waals surface area contributed by atoms with E-state index in [2.05, 4.69) is 15.9 Å². The summed E-state index contributed by atoms with van der Waals surface area (Å²) in [4.78, 5) is 53.3. The summed E-state index contributed by atoms with van der Waals surface area (Å²) in [7, 11) is 2.71. The maximum absolute atomic E-state index is 14.1. The fourth-order valence-electron chi connectivity index (χ4n) is 7.01. The van der Waals surface area contributed by atoms with E-state index in [-0.39, 0.29) is 34.7 Å². The van der Waals surface area contributed by atoms with Gasteiger partial charge < -0.3 is 9.84 Å². The topological polar surface area (TPSA) is 104 Å². The fraction of sp³-hybridized carbons (Fsp3) is 0.379. The predicted molar refractivity (Wildman–Crippen MR) is 157 cm³/mol. The molecule has 2 aliphatic carbocycles. The maximum atomic E-state index is 14.1. The number of ether oxygens (including phenoxy) is 1. The highest BCUT2D eigenvalue weighted by atomic mass is 79.9. The van der Waals surface area contributed by atoms with Crippen LogP contribution in [0.15, 0.2) is 46.5 Å². The smallest absolute Gasteiger partial charge is 0.253 e. The Morgan fingerprint density at radius 3 is 2.41 bits per heavy atom. The van der Waals surface area contributed by atoms with E-state index < -0.39 is 51.1 Å². The Kier molecular flexibility index (Phi) is 6.58. The molecule has 0 bridgehead atoms. The molecule has 1 N–H and O–H groups in total. The monoisotopic (exact) mass is 680 g/mol. The number of fused-ring (bicyclic) bond motifs is 4. The molecule has 3 fully saturated rings. The van der Waals surface area contributed by atoms with Crippen molar-refractivity contribution in [2.45, 2.75) is 35.4 Å². The van der Waals surface area contributed by atoms with E-state index in [1.807, 2.05) is 13.0 Å². The third-order valence-corrected chi connectivity index (χ3v) is 11.5. The van der Waals surface area contributed by atoms with Crippen molar-refractivity contribution in [3.8, 4) is 11.5 Å². The van der Waals surface area contributed by atoms with Gasteiger partial charge in [0.2, 0.25) is 11.8 Å². The average Bonchev–Trinajstić information content (AvgIpc) is 3.26. The Labute approximate surface area is 259 Å². The van der Waals surface area contributed by atoms with Gasteiger partial charge in [-0.15, -0.1) is 23.2 Å². The molecule has 1 saturated carbocycles. The number of benzene rings is 2. The van der Waals surface area contributed by atoms with Crippen LogP contribution in [0, 0.1) is 24.7 Å². The summed E-state index contributed by atoms with van der Waals surface area (Å²) >= 11 is 24.0. The fourth-order valence-corrected chi connectivity index (χ4v) is 8.66. The molecule has 12 heteroatoms. The third-order valence-electron chi connectivity index (χ3n) is 9.03. The lowest BCUT2D eigenvalue weighted by Gasteiger charge is -2.50. The van der Waals surface area contributed by atoms with E-state index >= 15 is 0 Å². The lowest BCUT2D eigenvalue weighted by molar-refractivity contribution is -0.138. The molecular weight excluding hydrogens is 659 g/mol. The van der Waals surface area contributed by atoms with Gasteiger partial charge in [0.25, 0.3) is 11.8 Å². The molecule has 0 spiro atoms. The number of amides is 4. The van der Waals surface area contributed by atoms with Crippen LogP contribution >= 0.6 is 50.7 Å². The quantitative estimate of drug-likeness (QED) is 0.267. The zero-order chi connectivity index (χ0) is 29.8. The molecule has 6 atom stereocenters. The number of carbonyl (C=O) groups is 4. The van der Waals surface area contributed by atoms with Crippen molar-refractivity contribution in [3.05, 3.63) is 62.6 Å². The van der Waals surface area contributed by atoms with E-state index in [4.69, 9.17) is 39.5 Å². The normalized spacial score (nSPS) is 32.6. The highest BCUT2D eigenvalue weighted by Crippen LogP contribution is 2.65. The summed E-state index contributed by atoms with van der Waals surface area (Å²) in [5.74, 6) is -5.34. The van der Waals surface area contributed by atoms with Crippen LogP contribution in [-0.2, 0) is 19.2 Å². The van der Waals surface area contributed by atoms with E-state index in [1.165, 1.54) is 14.2 Å². The Hall–Kier alpha value is -2.59. The number of aromatic hydroxyl groups is 1. The van der Waals surface area contributed by atoms with Crippen molar-refractivity contribution >= 4 is 80.0 Å². The molecule has 2 aromatic rings. The number of allylic oxidation sites excluding steroid dienone is 2. The van der Waals surface area contributed by atoms with Gasteiger partial charge in [-0.2, -0.15) is 0 Å². The number of imide groups is 2. The minimum absolute atomic E-state index is 0.117. The number of likely N-dealkylation sites (tertiary alicyclic amines) is 1. The van der Waals surface area contributed by atoms with Gasteiger partial charge in [-0.3, -0.25) is 24.1 Å². The molecule has 2 saturated heterocycles. The molecule has 6 rings (SSSR count). The molecule has 0 radical (unpaired) electrons. The first-order valence-corrected chi connectivity index (χ1v) is 14.8. The summed E-state index contributed by atoms with van der Waals surface area (Å²) in [6.45, 7) is 1.82. The molecule has 4 amide bonds. The number of anilines is 1. The average molecular weight is 683 g/mol. The van der Waals surface area contributed by atoms with Gasteiger partial charge in [0, 0.05) is 18.0 Å². The van der Waals surface area contributed by atoms with Gasteiger partial charge in [-0.1, -0.05) is 29.3 Å². The van der Waals surface area contributed by atoms with Crippen LogP contribution in [0.3, 0.4) is 0 Å². The van der Waals surface area contributed by atoms with Crippen LogP contribution in [0.2, 0.25) is 5.02 Å². The number of alkyl halides is 2. The molecular formula is C29H24BrCl3N2O6. The first kappa shape index (κ1) is 28.5. The number of aryl methyl sites for hydroxylation is 1. The van der Waals surface area contributed by atoms with Gasteiger partial charge in [0.05, 0.1) is 29.1 Å². The first-order chi connectivity index (χ1) is 19.3. The zero-order valence-electron chi connectivity index (χ0n) is 22.1. The van der Waals surface area contributed by atoms with Crippen LogP contribution < -0.4 is 9.64 Å². The van der Waals surface area contributed by atoms with Crippen molar-refractivity contribution in [2.75, 3.05) is 19.1 Å². The van der Waals surface area contributed by atoms with Gasteiger partial charge in [0.1, 0.15) is 0 Å². The molecule has 2 aliphatic heterocycles. The Morgan fingerprint density at radius 1 is 1.05 bits per heavy atom. The van der Waals surface area contributed by atoms with Gasteiger partial charge in [-0.05, 0) is 77.0 Å². The van der Waals surface area contributed by atoms with E-state index in [0.717, 1.165) is 15.4 Å². The number of nitrogens with zero attached hydrogens (tertiary/aromatic N) is 2. The molecule has 0 aromatic heterocycles. The Morgan fingerprint density at radius 2 is 1.76 bits per heavy atom. The van der Waals surface area contributed by atoms with Crippen molar-refractivity contribution < 1.29 is 29.0 Å². The van der Waals surface area contributed by atoms with Crippen molar-refractivity contribution in [2.24, 2.45) is 17.8 Å². The summed E-state index contributed by atoms with van der Waals surface area (Å²) < 4.78 is 5.64. The van der Waals surface area contributed by atoms with E-state index in [9.17, 15) is 24.3 Å². The molecule has 214 valence electrons. The summed E-state index contributed by atoms with van der Waals surface area (Å²) in [6.07, 6.45) is 1.95. The van der Waals surface area contributed by atoms with Crippen LogP contribution in [-0.4, -0.2) is 57.5 Å². The minimum Gasteiger partial charge on any atom is -0.503 e. The molecule has 8 nitrogen and oxygen atoms in total. The summed E-state index contributed by atoms with van der Waals surface area (Å²) in [5.41, 5.74) is 2.26. The van der Waals surface area contributed by atoms with Gasteiger partial charge in [-0.25, -0.2) is 4.90 Å². The molecule has 2 heterocycles. The highest BCUT2D eigenvalue weighted by molar-refractivity contribution is 9.10. The summed E-state index contributed by atoms with van der Waals surface area (Å²) in [5, 5.41) is 10.9. The number of hydrogen-bond acceptors (Lipinski definition) is 6. The standard InChI is InChI=1S/C29H24BrCl3N2O6/c1-12-4-5-14(10-19(12)31)35-24(37)16-7-6-15-17(21(16)25(35)38)11-28(32)26(39)34(2)27(40)29(28,33)22(15)13-8-18(30)23(36)20(9-13)41-3/h4-6,8-10,16-17,21-22,36H,7,11H2,1-3H3. The first-order valence-electron chi connectivity index (χ1n) is 12.9. The molecule has 2 aromatic carbocycles. The number of rotatable bonds is 3. The minimum atomic E-state index is -1.94. The molecule has 4 aliphatic rings. The zero-order valence-corrected chi connectivity index (χ0v) is 25.9. The predicted octanol–water partition coefficient (Wildman–Crippen LogP) is 5.32. The highest BCUT2D eigenvalue weighted by Gasteiger charge is 2.76. The van der Waals surface area contributed by atoms with Gasteiger partial charge >= 0.3 is 0 Å². The van der Waals surface area contributed by atoms with Crippen LogP contribution in [0.4, 0.5) is 5.69 Å². The Bertz CT molecular complexity index is 1610. The van der Waals surface area contributed by atoms with Crippen molar-refractivity contribution in [1.82, 2.24) is 4.90 Å². The van der Waals surface area contributed by atoms with Crippen LogP contribution in [0.25, 0.3) is 0 Å². The third kappa shape index (κ3) is 3.65. The summed E-state index contributed by atoms with van der Waals surface area (Å²) in [6, 6.07) is 8.14. The van der Waals surface area contributed by atoms with Crippen LogP contribution in [0.1, 0.15) is 29.9 Å². The van der Waals surface area contributed by atoms with Crippen molar-refractivity contribution in [1.29, 1.82) is 0 Å². The van der Waals surface area contributed by atoms with Crippen molar-refractivity contribution in [3.63, 3.8) is 0 Å². The number of methoxy groups -OCH3 is 1. The SMILES string of the molecule is COc1cc(C2C3=CCC4C(=O)N(c5ccc(C)c(Cl)c5)C(=O)C4C3CC3(Cl)C(=O)N(C)C(=O)C23Cl)cc(Br)c1O. The van der Waals surface area contributed by atoms with Gasteiger partial charge in [0.15, 0.2) is 21.2 Å². The second kappa shape index (κ2) is 9.46.